The zero-order chi connectivity index (χ0) is 18.4. The van der Waals surface area contributed by atoms with Crippen LogP contribution in [0.25, 0.3) is 10.4 Å². The van der Waals surface area contributed by atoms with E-state index in [0.29, 0.717) is 0 Å². The van der Waals surface area contributed by atoms with Gasteiger partial charge in [0, 0.05) is 10.5 Å². The maximum atomic E-state index is 13.1. The smallest absolute Gasteiger partial charge is 0.296 e. The zero-order valence-corrected chi connectivity index (χ0v) is 13.6. The standard InChI is InChI=1S/C19H14N4O3/c20-22-21-16-10-5-4-9-15(16)18(24)23(13-14-7-2-1-3-8-14)19(25)17-11-6-12-26-17/h1-12H,13H2. The van der Waals surface area contributed by atoms with Gasteiger partial charge >= 0.3 is 0 Å². The summed E-state index contributed by atoms with van der Waals surface area (Å²) in [6.07, 6.45) is 1.37. The fourth-order valence-electron chi connectivity index (χ4n) is 2.47. The number of benzene rings is 2. The number of furan rings is 1. The van der Waals surface area contributed by atoms with Gasteiger partial charge in [0.2, 0.25) is 0 Å². The number of nitrogens with zero attached hydrogens (tertiary/aromatic N) is 4. The molecule has 1 heterocycles. The second-order valence-corrected chi connectivity index (χ2v) is 5.37. The first-order chi connectivity index (χ1) is 12.7. The molecule has 3 aromatic rings. The molecule has 0 unspecified atom stereocenters. The molecule has 1 aromatic heterocycles. The molecule has 2 amide bonds. The maximum absolute atomic E-state index is 13.1. The zero-order valence-electron chi connectivity index (χ0n) is 13.6. The van der Waals surface area contributed by atoms with E-state index in [0.717, 1.165) is 10.5 Å². The fourth-order valence-corrected chi connectivity index (χ4v) is 2.47. The number of amides is 2. The SMILES string of the molecule is [N-]=[N+]=Nc1ccccc1C(=O)N(Cc1ccccc1)C(=O)c1ccco1. The molecule has 3 rings (SSSR count). The molecule has 7 nitrogen and oxygen atoms in total. The summed E-state index contributed by atoms with van der Waals surface area (Å²) in [5.41, 5.74) is 9.79. The highest BCUT2D eigenvalue weighted by atomic mass is 16.3. The first-order valence-corrected chi connectivity index (χ1v) is 7.78. The highest BCUT2D eigenvalue weighted by Gasteiger charge is 2.27. The first-order valence-electron chi connectivity index (χ1n) is 7.78. The summed E-state index contributed by atoms with van der Waals surface area (Å²) < 4.78 is 5.15. The normalized spacial score (nSPS) is 10.0. The quantitative estimate of drug-likeness (QED) is 0.289. The Morgan fingerprint density at radius 1 is 0.962 bits per heavy atom. The molecule has 0 atom stereocenters. The average Bonchev–Trinajstić information content (AvgIpc) is 3.21. The molecule has 0 fully saturated rings. The minimum absolute atomic E-state index is 0.0514. The molecular weight excluding hydrogens is 332 g/mol. The highest BCUT2D eigenvalue weighted by Crippen LogP contribution is 2.23. The summed E-state index contributed by atoms with van der Waals surface area (Å²) in [6, 6.07) is 18.5. The van der Waals surface area contributed by atoms with Crippen LogP contribution in [0.2, 0.25) is 0 Å². The first kappa shape index (κ1) is 17.0. The second-order valence-electron chi connectivity index (χ2n) is 5.37. The Hall–Kier alpha value is -3.83. The Balaban J connectivity index is 2.01. The highest BCUT2D eigenvalue weighted by molar-refractivity contribution is 6.11. The Bertz CT molecular complexity index is 961. The van der Waals surface area contributed by atoms with Gasteiger partial charge in [-0.3, -0.25) is 14.5 Å². The molecule has 0 saturated carbocycles. The number of azide groups is 1. The molecule has 0 aliphatic carbocycles. The summed E-state index contributed by atoms with van der Waals surface area (Å²) in [6.45, 7) is 0.0593. The van der Waals surface area contributed by atoms with Crippen molar-refractivity contribution in [2.45, 2.75) is 6.54 Å². The van der Waals surface area contributed by atoms with Gasteiger partial charge < -0.3 is 4.42 Å². The summed E-state index contributed by atoms with van der Waals surface area (Å²) >= 11 is 0. The third-order valence-corrected chi connectivity index (χ3v) is 3.69. The van der Waals surface area contributed by atoms with E-state index >= 15 is 0 Å². The molecule has 7 heteroatoms. The van der Waals surface area contributed by atoms with E-state index < -0.39 is 11.8 Å². The fraction of sp³-hybridized carbons (Fsp3) is 0.0526. The minimum atomic E-state index is -0.571. The van der Waals surface area contributed by atoms with E-state index in [1.165, 1.54) is 24.5 Å². The van der Waals surface area contributed by atoms with E-state index in [9.17, 15) is 9.59 Å². The number of hydrogen-bond acceptors (Lipinski definition) is 4. The van der Waals surface area contributed by atoms with Gasteiger partial charge in [-0.1, -0.05) is 53.6 Å². The molecule has 26 heavy (non-hydrogen) atoms. The number of rotatable bonds is 5. The van der Waals surface area contributed by atoms with Crippen LogP contribution in [-0.2, 0) is 6.54 Å². The van der Waals surface area contributed by atoms with Crippen LogP contribution in [-0.4, -0.2) is 16.7 Å². The van der Waals surface area contributed by atoms with E-state index in [2.05, 4.69) is 10.0 Å². The molecule has 0 N–H and O–H groups in total. The molecule has 0 radical (unpaired) electrons. The third-order valence-electron chi connectivity index (χ3n) is 3.69. The van der Waals surface area contributed by atoms with Crippen molar-refractivity contribution in [3.63, 3.8) is 0 Å². The van der Waals surface area contributed by atoms with Crippen molar-refractivity contribution in [3.8, 4) is 0 Å². The minimum Gasteiger partial charge on any atom is -0.459 e. The summed E-state index contributed by atoms with van der Waals surface area (Å²) in [4.78, 5) is 29.7. The monoisotopic (exact) mass is 346 g/mol. The van der Waals surface area contributed by atoms with Crippen molar-refractivity contribution in [2.24, 2.45) is 5.11 Å². The number of imide groups is 1. The molecule has 0 saturated heterocycles. The van der Waals surface area contributed by atoms with E-state index in [1.807, 2.05) is 30.3 Å². The lowest BCUT2D eigenvalue weighted by molar-refractivity contribution is 0.0584. The van der Waals surface area contributed by atoms with E-state index in [4.69, 9.17) is 9.95 Å². The van der Waals surface area contributed by atoms with Crippen LogP contribution in [0.1, 0.15) is 26.5 Å². The maximum Gasteiger partial charge on any atom is 0.296 e. The van der Waals surface area contributed by atoms with Gasteiger partial charge in [-0.2, -0.15) is 0 Å². The predicted molar refractivity (Wildman–Crippen MR) is 94.6 cm³/mol. The summed E-state index contributed by atoms with van der Waals surface area (Å²) in [7, 11) is 0. The van der Waals surface area contributed by atoms with E-state index in [1.54, 1.807) is 18.2 Å². The van der Waals surface area contributed by atoms with Crippen LogP contribution in [0.3, 0.4) is 0 Å². The third kappa shape index (κ3) is 3.63. The van der Waals surface area contributed by atoms with Crippen molar-refractivity contribution < 1.29 is 14.0 Å². The van der Waals surface area contributed by atoms with Crippen LogP contribution < -0.4 is 0 Å². The topological polar surface area (TPSA) is 99.3 Å². The molecular formula is C19H14N4O3. The van der Waals surface area contributed by atoms with Crippen molar-refractivity contribution >= 4 is 17.5 Å². The predicted octanol–water partition coefficient (Wildman–Crippen LogP) is 4.70. The van der Waals surface area contributed by atoms with Crippen LogP contribution in [0.5, 0.6) is 0 Å². The largest absolute Gasteiger partial charge is 0.459 e. The molecule has 128 valence electrons. The molecule has 0 bridgehead atoms. The Labute approximate surface area is 149 Å². The molecule has 0 aliphatic rings. The van der Waals surface area contributed by atoms with Crippen molar-refractivity contribution in [1.82, 2.24) is 4.90 Å². The molecule has 2 aromatic carbocycles. The van der Waals surface area contributed by atoms with Gasteiger partial charge in [0.05, 0.1) is 18.5 Å². The van der Waals surface area contributed by atoms with Crippen LogP contribution in [0.15, 0.2) is 82.5 Å². The lowest BCUT2D eigenvalue weighted by Crippen LogP contribution is -2.36. The summed E-state index contributed by atoms with van der Waals surface area (Å²) in [5, 5.41) is 3.54. The Kier molecular flexibility index (Phi) is 5.12. The molecule has 0 aliphatic heterocycles. The van der Waals surface area contributed by atoms with Crippen molar-refractivity contribution in [2.75, 3.05) is 0 Å². The second kappa shape index (κ2) is 7.83. The average molecular weight is 346 g/mol. The number of carbonyl (C=O) groups is 2. The number of hydrogen-bond donors (Lipinski definition) is 0. The lowest BCUT2D eigenvalue weighted by atomic mass is 10.1. The van der Waals surface area contributed by atoms with Gasteiger partial charge in [-0.05, 0) is 29.3 Å². The van der Waals surface area contributed by atoms with Gasteiger partial charge in [0.25, 0.3) is 11.8 Å². The van der Waals surface area contributed by atoms with Crippen LogP contribution in [0.4, 0.5) is 5.69 Å². The van der Waals surface area contributed by atoms with Gasteiger partial charge in [-0.15, -0.1) is 0 Å². The van der Waals surface area contributed by atoms with Crippen LogP contribution >= 0.6 is 0 Å². The Morgan fingerprint density at radius 2 is 1.69 bits per heavy atom. The van der Waals surface area contributed by atoms with E-state index in [-0.39, 0.29) is 23.6 Å². The van der Waals surface area contributed by atoms with Gasteiger partial charge in [0.1, 0.15) is 0 Å². The van der Waals surface area contributed by atoms with Crippen LogP contribution in [0, 0.1) is 0 Å². The van der Waals surface area contributed by atoms with Crippen molar-refractivity contribution in [1.29, 1.82) is 0 Å². The van der Waals surface area contributed by atoms with Gasteiger partial charge in [-0.25, -0.2) is 0 Å². The molecule has 0 spiro atoms. The number of carbonyl (C=O) groups excluding carboxylic acids is 2. The van der Waals surface area contributed by atoms with Gasteiger partial charge in [0.15, 0.2) is 5.76 Å². The van der Waals surface area contributed by atoms with Crippen molar-refractivity contribution in [3.05, 3.63) is 100 Å². The summed E-state index contributed by atoms with van der Waals surface area (Å²) in [5.74, 6) is -1.09. The Morgan fingerprint density at radius 3 is 2.38 bits per heavy atom. The lowest BCUT2D eigenvalue weighted by Gasteiger charge is -2.21.